The van der Waals surface area contributed by atoms with Crippen LogP contribution in [0, 0.1) is 13.8 Å². The zero-order valence-electron chi connectivity index (χ0n) is 17.2. The smallest absolute Gasteiger partial charge is 0.276 e. The van der Waals surface area contributed by atoms with Crippen LogP contribution in [0.25, 0.3) is 17.2 Å². The zero-order valence-corrected chi connectivity index (χ0v) is 17.2. The van der Waals surface area contributed by atoms with Gasteiger partial charge in [0.15, 0.2) is 6.61 Å². The van der Waals surface area contributed by atoms with E-state index >= 15 is 0 Å². The summed E-state index contributed by atoms with van der Waals surface area (Å²) in [6.45, 7) is 3.57. The number of aryl methyl sites for hydroxylation is 2. The van der Waals surface area contributed by atoms with E-state index in [1.54, 1.807) is 16.8 Å². The van der Waals surface area contributed by atoms with Gasteiger partial charge in [-0.05, 0) is 31.6 Å². The molecule has 0 unspecified atom stereocenters. The Balaban J connectivity index is 1.52. The van der Waals surface area contributed by atoms with Gasteiger partial charge in [-0.3, -0.25) is 25.1 Å². The van der Waals surface area contributed by atoms with Crippen molar-refractivity contribution in [3.05, 3.63) is 77.6 Å². The molecular formula is C23H24N4O3. The first-order valence-corrected chi connectivity index (χ1v) is 9.50. The summed E-state index contributed by atoms with van der Waals surface area (Å²) in [5.74, 6) is -0.323. The molecule has 30 heavy (non-hydrogen) atoms. The van der Waals surface area contributed by atoms with E-state index in [4.69, 9.17) is 4.74 Å². The highest BCUT2D eigenvalue weighted by atomic mass is 16.5. The van der Waals surface area contributed by atoms with E-state index in [2.05, 4.69) is 16.0 Å². The van der Waals surface area contributed by atoms with Gasteiger partial charge in [0.05, 0.1) is 5.69 Å². The van der Waals surface area contributed by atoms with E-state index in [1.165, 1.54) is 6.08 Å². The minimum absolute atomic E-state index is 0.228. The molecule has 7 heteroatoms. The number of hydrogen-bond donors (Lipinski definition) is 2. The van der Waals surface area contributed by atoms with E-state index in [0.29, 0.717) is 5.75 Å². The summed E-state index contributed by atoms with van der Waals surface area (Å²) in [4.78, 5) is 24.0. The molecule has 2 aromatic carbocycles. The fraction of sp³-hybridized carbons (Fsp3) is 0.174. The number of para-hydroxylation sites is 1. The van der Waals surface area contributed by atoms with Crippen molar-refractivity contribution in [2.24, 2.45) is 7.05 Å². The molecule has 3 rings (SSSR count). The molecule has 0 spiro atoms. The Morgan fingerprint density at radius 1 is 1.03 bits per heavy atom. The lowest BCUT2D eigenvalue weighted by atomic mass is 10.1. The van der Waals surface area contributed by atoms with Crippen molar-refractivity contribution < 1.29 is 14.3 Å². The highest BCUT2D eigenvalue weighted by Gasteiger charge is 2.09. The number of nitrogens with one attached hydrogen (secondary N) is 2. The summed E-state index contributed by atoms with van der Waals surface area (Å²) < 4.78 is 7.41. The first kappa shape index (κ1) is 20.9. The van der Waals surface area contributed by atoms with E-state index in [1.807, 2.05) is 69.4 Å². The summed E-state index contributed by atoms with van der Waals surface area (Å²) in [5, 5.41) is 4.29. The van der Waals surface area contributed by atoms with Crippen molar-refractivity contribution in [2.45, 2.75) is 13.8 Å². The van der Waals surface area contributed by atoms with Gasteiger partial charge in [-0.15, -0.1) is 0 Å². The van der Waals surface area contributed by atoms with Gasteiger partial charge >= 0.3 is 0 Å². The van der Waals surface area contributed by atoms with Crippen LogP contribution in [-0.4, -0.2) is 28.2 Å². The van der Waals surface area contributed by atoms with Crippen molar-refractivity contribution in [2.75, 3.05) is 6.61 Å². The molecule has 0 saturated carbocycles. The molecule has 0 aliphatic heterocycles. The molecule has 1 aromatic heterocycles. The Morgan fingerprint density at radius 2 is 1.73 bits per heavy atom. The molecule has 0 bridgehead atoms. The molecule has 0 radical (unpaired) electrons. The van der Waals surface area contributed by atoms with Crippen LogP contribution in [0.5, 0.6) is 5.75 Å². The molecule has 3 aromatic rings. The maximum atomic E-state index is 12.1. The van der Waals surface area contributed by atoms with Crippen LogP contribution in [0.4, 0.5) is 0 Å². The molecule has 2 amide bonds. The number of hydrogen-bond acceptors (Lipinski definition) is 4. The van der Waals surface area contributed by atoms with Crippen LogP contribution in [0.15, 0.2) is 60.7 Å². The molecule has 154 valence electrons. The lowest BCUT2D eigenvalue weighted by Gasteiger charge is -2.12. The Bertz CT molecular complexity index is 1070. The summed E-state index contributed by atoms with van der Waals surface area (Å²) in [6.07, 6.45) is 3.02. The van der Waals surface area contributed by atoms with Crippen LogP contribution >= 0.6 is 0 Å². The van der Waals surface area contributed by atoms with Crippen molar-refractivity contribution >= 4 is 17.9 Å². The average Bonchev–Trinajstić information content (AvgIpc) is 3.01. The van der Waals surface area contributed by atoms with Gasteiger partial charge in [-0.2, -0.15) is 5.10 Å². The van der Waals surface area contributed by atoms with Crippen molar-refractivity contribution in [3.8, 4) is 16.9 Å². The average molecular weight is 404 g/mol. The maximum absolute atomic E-state index is 12.1. The summed E-state index contributed by atoms with van der Waals surface area (Å²) in [5.41, 5.74) is 9.23. The molecule has 0 fully saturated rings. The highest BCUT2D eigenvalue weighted by molar-refractivity contribution is 5.93. The van der Waals surface area contributed by atoms with Crippen molar-refractivity contribution in [1.82, 2.24) is 20.6 Å². The molecular weight excluding hydrogens is 380 g/mol. The molecule has 0 aliphatic carbocycles. The number of rotatable bonds is 6. The van der Waals surface area contributed by atoms with Gasteiger partial charge in [-0.25, -0.2) is 0 Å². The minimum atomic E-state index is -0.464. The number of nitrogens with zero attached hydrogens (tertiary/aromatic N) is 2. The summed E-state index contributed by atoms with van der Waals surface area (Å²) >= 11 is 0. The van der Waals surface area contributed by atoms with Gasteiger partial charge in [0, 0.05) is 29.9 Å². The van der Waals surface area contributed by atoms with Crippen LogP contribution in [0.3, 0.4) is 0 Å². The summed E-state index contributed by atoms with van der Waals surface area (Å²) in [6, 6.07) is 17.2. The maximum Gasteiger partial charge on any atom is 0.276 e. The fourth-order valence-electron chi connectivity index (χ4n) is 2.99. The van der Waals surface area contributed by atoms with E-state index < -0.39 is 11.8 Å². The van der Waals surface area contributed by atoms with Gasteiger partial charge in [0.25, 0.3) is 11.8 Å². The predicted molar refractivity (Wildman–Crippen MR) is 115 cm³/mol. The van der Waals surface area contributed by atoms with Crippen molar-refractivity contribution in [3.63, 3.8) is 0 Å². The second-order valence-corrected chi connectivity index (χ2v) is 6.73. The molecule has 0 aliphatic rings. The zero-order chi connectivity index (χ0) is 21.5. The first-order valence-electron chi connectivity index (χ1n) is 9.50. The number of carbonyl (C=O) groups is 2. The molecule has 0 saturated heterocycles. The second kappa shape index (κ2) is 9.56. The summed E-state index contributed by atoms with van der Waals surface area (Å²) in [7, 11) is 1.84. The Morgan fingerprint density at radius 3 is 2.43 bits per heavy atom. The van der Waals surface area contributed by atoms with Gasteiger partial charge in [-0.1, -0.05) is 48.5 Å². The van der Waals surface area contributed by atoms with Crippen molar-refractivity contribution in [1.29, 1.82) is 0 Å². The van der Waals surface area contributed by atoms with Crippen LogP contribution < -0.4 is 15.6 Å². The number of carbonyl (C=O) groups excluding carboxylic acids is 2. The Kier molecular flexibility index (Phi) is 6.64. The first-order chi connectivity index (χ1) is 14.5. The number of hydrazine groups is 1. The standard InChI is InChI=1S/C23H24N4O3/c1-16-19(17(2)27(3)26-16)13-14-22(28)24-25-23(29)15-30-21-12-8-7-11-20(21)18-9-5-4-6-10-18/h4-14H,15H2,1-3H3,(H,24,28)(H,25,29)/b14-13+. The van der Waals surface area contributed by atoms with Gasteiger partial charge in [0.2, 0.25) is 0 Å². The quantitative estimate of drug-likeness (QED) is 0.489. The SMILES string of the molecule is Cc1nn(C)c(C)c1/C=C/C(=O)NNC(=O)COc1ccccc1-c1ccccc1. The largest absolute Gasteiger partial charge is 0.483 e. The fourth-order valence-corrected chi connectivity index (χ4v) is 2.99. The Hall–Kier alpha value is -3.87. The van der Waals surface area contributed by atoms with Gasteiger partial charge < -0.3 is 4.74 Å². The van der Waals surface area contributed by atoms with Gasteiger partial charge in [0.1, 0.15) is 5.75 Å². The number of benzene rings is 2. The van der Waals surface area contributed by atoms with E-state index in [0.717, 1.165) is 28.1 Å². The highest BCUT2D eigenvalue weighted by Crippen LogP contribution is 2.29. The third-order valence-corrected chi connectivity index (χ3v) is 4.62. The third-order valence-electron chi connectivity index (χ3n) is 4.62. The minimum Gasteiger partial charge on any atom is -0.483 e. The Labute approximate surface area is 175 Å². The molecule has 2 N–H and O–H groups in total. The predicted octanol–water partition coefficient (Wildman–Crippen LogP) is 2.94. The normalized spacial score (nSPS) is 10.8. The lowest BCUT2D eigenvalue weighted by Crippen LogP contribution is -2.43. The van der Waals surface area contributed by atoms with E-state index in [-0.39, 0.29) is 6.61 Å². The number of ether oxygens (including phenoxy) is 1. The third kappa shape index (κ3) is 5.14. The number of amides is 2. The van der Waals surface area contributed by atoms with Crippen LogP contribution in [0.2, 0.25) is 0 Å². The lowest BCUT2D eigenvalue weighted by molar-refractivity contribution is -0.128. The van der Waals surface area contributed by atoms with Crippen LogP contribution in [-0.2, 0) is 16.6 Å². The topological polar surface area (TPSA) is 85.3 Å². The monoisotopic (exact) mass is 404 g/mol. The second-order valence-electron chi connectivity index (χ2n) is 6.73. The molecule has 7 nitrogen and oxygen atoms in total. The molecule has 1 heterocycles. The van der Waals surface area contributed by atoms with Crippen LogP contribution in [0.1, 0.15) is 17.0 Å². The number of aromatic nitrogens is 2. The molecule has 0 atom stereocenters. The van der Waals surface area contributed by atoms with E-state index in [9.17, 15) is 9.59 Å².